The van der Waals surface area contributed by atoms with Crippen LogP contribution in [-0.2, 0) is 10.8 Å². The highest BCUT2D eigenvalue weighted by molar-refractivity contribution is 6.09. The third-order valence-corrected chi connectivity index (χ3v) is 9.05. The Labute approximate surface area is 303 Å². The van der Waals surface area contributed by atoms with E-state index in [0.29, 0.717) is 22.9 Å². The zero-order chi connectivity index (χ0) is 40.8. The van der Waals surface area contributed by atoms with E-state index < -0.39 is 6.85 Å². The fourth-order valence-corrected chi connectivity index (χ4v) is 6.31. The minimum Gasteiger partial charge on any atom is -0.457 e. The van der Waals surface area contributed by atoms with E-state index in [1.807, 2.05) is 60.9 Å². The van der Waals surface area contributed by atoms with Gasteiger partial charge in [-0.05, 0) is 74.4 Å². The summed E-state index contributed by atoms with van der Waals surface area (Å²) in [6.45, 7) is 10.5. The largest absolute Gasteiger partial charge is 0.503 e. The van der Waals surface area contributed by atoms with Crippen molar-refractivity contribution in [1.82, 2.24) is 23.7 Å². The third-order valence-electron chi connectivity index (χ3n) is 9.05. The van der Waals surface area contributed by atoms with Crippen LogP contribution in [0.3, 0.4) is 0 Å². The van der Waals surface area contributed by atoms with Gasteiger partial charge in [0.05, 0.1) is 22.6 Å². The standard InChI is InChI=1S/C44H41N5O/c1-29-12-14-32(15-13-29)47-28-48(40-11-9-8-10-39(40)47)33-22-31(44(5,6)7)23-35(25-33)50-34-16-17-36-37-27-45-20-19-38(37)49(41(36)26-34)42-24-30(18-21-46-42)43(2,3)4/h8-27H,1-7H3/q+2/i1D3,8D,9D,10D,11D. The van der Waals surface area contributed by atoms with E-state index in [0.717, 1.165) is 38.8 Å². The lowest BCUT2D eigenvalue weighted by atomic mass is 9.86. The lowest BCUT2D eigenvalue weighted by Crippen LogP contribution is -2.12. The van der Waals surface area contributed by atoms with Crippen LogP contribution in [-0.4, -0.2) is 20.5 Å². The average molecular weight is 663 g/mol. The first-order valence-corrected chi connectivity index (χ1v) is 16.6. The lowest BCUT2D eigenvalue weighted by Gasteiger charge is -2.20. The van der Waals surface area contributed by atoms with Gasteiger partial charge in [0.15, 0.2) is 0 Å². The summed E-state index contributed by atoms with van der Waals surface area (Å²) in [5.41, 5.74) is 5.13. The Kier molecular flexibility index (Phi) is 5.66. The molecule has 0 bridgehead atoms. The lowest BCUT2D eigenvalue weighted by molar-refractivity contribution is 0.479. The first-order valence-electron chi connectivity index (χ1n) is 20.1. The predicted octanol–water partition coefficient (Wildman–Crippen LogP) is 11.1. The second-order valence-electron chi connectivity index (χ2n) is 14.6. The van der Waals surface area contributed by atoms with Crippen LogP contribution < -0.4 is 13.9 Å². The molecule has 0 saturated carbocycles. The first-order chi connectivity index (χ1) is 26.8. The fourth-order valence-electron chi connectivity index (χ4n) is 6.31. The van der Waals surface area contributed by atoms with Crippen molar-refractivity contribution in [1.29, 1.82) is 0 Å². The highest BCUT2D eigenvalue weighted by Crippen LogP contribution is 2.40. The van der Waals surface area contributed by atoms with Gasteiger partial charge in [-0.25, -0.2) is 4.98 Å². The molecule has 8 rings (SSSR count). The van der Waals surface area contributed by atoms with E-state index in [1.54, 1.807) is 27.5 Å². The molecule has 0 atom stereocenters. The summed E-state index contributed by atoms with van der Waals surface area (Å²) in [4.78, 5) is 9.22. The van der Waals surface area contributed by atoms with Crippen LogP contribution in [0.25, 0.3) is 27.6 Å². The molecule has 0 saturated heterocycles. The monoisotopic (exact) mass is 662 g/mol. The molecule has 0 unspecified atom stereocenters. The highest BCUT2D eigenvalue weighted by Gasteiger charge is 2.37. The van der Waals surface area contributed by atoms with Gasteiger partial charge in [-0.15, -0.1) is 0 Å². The number of aryl methyl sites for hydroxylation is 1. The SMILES string of the molecule is [2H]c1c([2H])c([2H])c2c(c1[2H])[N+](c1ccc(C([2H])([2H])[2H])cc1)=C=[N+]2c1cc(Oc2ccc3c4cnccc4n(-c4cc(C(C)(C)C)ccn4)c3c2)cc(C(C)(C)C)c1. The van der Waals surface area contributed by atoms with Crippen molar-refractivity contribution in [2.24, 2.45) is 0 Å². The normalized spacial score (nSPS) is 15.3. The number of pyridine rings is 2. The minimum absolute atomic E-state index is 0.0806. The van der Waals surface area contributed by atoms with Gasteiger partial charge in [-0.1, -0.05) is 71.3 Å². The van der Waals surface area contributed by atoms with Crippen molar-refractivity contribution in [2.75, 3.05) is 0 Å². The second kappa shape index (κ2) is 11.6. The van der Waals surface area contributed by atoms with Gasteiger partial charge < -0.3 is 4.74 Å². The first kappa shape index (κ1) is 24.3. The number of hydrogen-bond donors (Lipinski definition) is 0. The van der Waals surface area contributed by atoms with E-state index in [2.05, 4.69) is 63.2 Å². The minimum atomic E-state index is -2.30. The second-order valence-corrected chi connectivity index (χ2v) is 14.6. The Bertz CT molecular complexity index is 2860. The summed E-state index contributed by atoms with van der Waals surface area (Å²) in [6.07, 6.45) is 5.48. The van der Waals surface area contributed by atoms with Crippen LogP contribution in [0.2, 0.25) is 0 Å². The summed E-state index contributed by atoms with van der Waals surface area (Å²) in [5, 5.41) is 1.98. The van der Waals surface area contributed by atoms with E-state index in [9.17, 15) is 0 Å². The molecule has 1 aliphatic rings. The summed E-state index contributed by atoms with van der Waals surface area (Å²) >= 11 is 0. The predicted molar refractivity (Wildman–Crippen MR) is 206 cm³/mol. The number of para-hydroxylation sites is 2. The molecule has 7 aromatic rings. The average Bonchev–Trinajstić information content (AvgIpc) is 3.72. The number of aromatic nitrogens is 3. The number of hydrogen-bond acceptors (Lipinski definition) is 3. The van der Waals surface area contributed by atoms with Crippen molar-refractivity contribution < 1.29 is 14.3 Å². The fraction of sp³-hybridized carbons (Fsp3) is 0.205. The third kappa shape index (κ3) is 5.58. The van der Waals surface area contributed by atoms with Gasteiger partial charge in [-0.2, -0.15) is 0 Å². The maximum Gasteiger partial charge on any atom is 0.503 e. The molecule has 0 fully saturated rings. The molecule has 0 N–H and O–H groups in total. The highest BCUT2D eigenvalue weighted by atomic mass is 16.5. The molecule has 0 amide bonds. The van der Waals surface area contributed by atoms with Crippen LogP contribution in [0.15, 0.2) is 122 Å². The topological polar surface area (TPSA) is 46.0 Å². The van der Waals surface area contributed by atoms with Gasteiger partial charge in [0.2, 0.25) is 11.4 Å². The van der Waals surface area contributed by atoms with Crippen LogP contribution in [0, 0.1) is 6.85 Å². The van der Waals surface area contributed by atoms with Crippen LogP contribution in [0.1, 0.15) is 67.8 Å². The molecule has 4 heterocycles. The Balaban J connectivity index is 1.30. The maximum absolute atomic E-state index is 9.02. The van der Waals surface area contributed by atoms with Crippen molar-refractivity contribution in [2.45, 2.75) is 59.2 Å². The van der Waals surface area contributed by atoms with E-state index >= 15 is 0 Å². The van der Waals surface area contributed by atoms with Crippen molar-refractivity contribution in [3.8, 4) is 17.3 Å². The summed E-state index contributed by atoms with van der Waals surface area (Å²) < 4.78 is 70.5. The number of benzene rings is 4. The molecule has 3 aromatic heterocycles. The Morgan fingerprint density at radius 2 is 1.44 bits per heavy atom. The molecule has 0 spiro atoms. The molecule has 0 radical (unpaired) electrons. The van der Waals surface area contributed by atoms with E-state index in [4.69, 9.17) is 19.3 Å². The van der Waals surface area contributed by atoms with Gasteiger partial charge in [0, 0.05) is 69.8 Å². The van der Waals surface area contributed by atoms with Crippen LogP contribution >= 0.6 is 0 Å². The van der Waals surface area contributed by atoms with Gasteiger partial charge in [0.25, 0.3) is 11.4 Å². The van der Waals surface area contributed by atoms with Crippen molar-refractivity contribution in [3.05, 3.63) is 138 Å². The molecule has 6 nitrogen and oxygen atoms in total. The Hall–Kier alpha value is -5.84. The van der Waals surface area contributed by atoms with Crippen molar-refractivity contribution >= 4 is 50.6 Å². The summed E-state index contributed by atoms with van der Waals surface area (Å²) in [5.74, 6) is 1.87. The Morgan fingerprint density at radius 3 is 2.16 bits per heavy atom. The van der Waals surface area contributed by atoms with Crippen LogP contribution in [0.5, 0.6) is 11.5 Å². The quantitative estimate of drug-likeness (QED) is 0.172. The molecule has 1 aliphatic heterocycles. The number of nitrogens with zero attached hydrogens (tertiary/aromatic N) is 5. The van der Waals surface area contributed by atoms with Gasteiger partial charge in [-0.3, -0.25) is 9.55 Å². The number of rotatable bonds is 5. The zero-order valence-corrected chi connectivity index (χ0v) is 28.9. The molecular weight excluding hydrogens is 615 g/mol. The number of fused-ring (bicyclic) bond motifs is 4. The molecule has 50 heavy (non-hydrogen) atoms. The molecular formula is C44H41N5O+2. The summed E-state index contributed by atoms with van der Waals surface area (Å²) in [6, 6.07) is 26.1. The molecule has 6 heteroatoms. The van der Waals surface area contributed by atoms with E-state index in [1.165, 1.54) is 12.1 Å². The molecule has 4 aromatic carbocycles. The van der Waals surface area contributed by atoms with Crippen molar-refractivity contribution in [3.63, 3.8) is 0 Å². The zero-order valence-electron chi connectivity index (χ0n) is 35.9. The smallest absolute Gasteiger partial charge is 0.457 e. The number of ether oxygens (including phenoxy) is 1. The van der Waals surface area contributed by atoms with Gasteiger partial charge >= 0.3 is 6.01 Å². The molecule has 246 valence electrons. The summed E-state index contributed by atoms with van der Waals surface area (Å²) in [7, 11) is 0. The maximum atomic E-state index is 9.02. The Morgan fingerprint density at radius 1 is 0.700 bits per heavy atom. The van der Waals surface area contributed by atoms with Crippen LogP contribution in [0.4, 0.5) is 22.7 Å². The van der Waals surface area contributed by atoms with E-state index in [-0.39, 0.29) is 51.9 Å². The molecule has 0 aliphatic carbocycles. The van der Waals surface area contributed by atoms with Gasteiger partial charge in [0.1, 0.15) is 17.3 Å².